The number of nitrogens with two attached hydrogens (primary N) is 1. The first kappa shape index (κ1) is 34.7. The average Bonchev–Trinajstić information content (AvgIpc) is 2.85. The maximum absolute atomic E-state index is 10.6. The van der Waals surface area contributed by atoms with Crippen molar-refractivity contribution in [2.45, 2.75) is 90.1 Å². The highest BCUT2D eigenvalue weighted by Crippen LogP contribution is 2.11. The Labute approximate surface area is 223 Å². The van der Waals surface area contributed by atoms with Crippen LogP contribution in [-0.2, 0) is 14.4 Å². The van der Waals surface area contributed by atoms with E-state index in [2.05, 4.69) is 30.9 Å². The fraction of sp³-hybridized carbons (Fsp3) is 0.750. The van der Waals surface area contributed by atoms with Gasteiger partial charge in [-0.25, -0.2) is 0 Å². The summed E-state index contributed by atoms with van der Waals surface area (Å²) in [6.07, 6.45) is 6.73. The number of aliphatic hydroxyl groups is 1. The number of nitrogens with zero attached hydrogens (tertiary/aromatic N) is 3. The molecule has 0 aromatic carbocycles. The van der Waals surface area contributed by atoms with E-state index in [0.717, 1.165) is 38.5 Å². The molecule has 0 amide bonds. The van der Waals surface area contributed by atoms with Crippen molar-refractivity contribution in [3.8, 4) is 0 Å². The second-order valence-corrected chi connectivity index (χ2v) is 8.78. The van der Waals surface area contributed by atoms with Crippen LogP contribution in [0.15, 0.2) is 0 Å². The van der Waals surface area contributed by atoms with E-state index in [0.29, 0.717) is 63.3 Å². The number of nitrogens with one attached hydrogen (secondary N) is 3. The van der Waals surface area contributed by atoms with Gasteiger partial charge in [-0.3, -0.25) is 14.4 Å². The molecule has 1 aromatic heterocycles. The summed E-state index contributed by atoms with van der Waals surface area (Å²) < 4.78 is 0. The Morgan fingerprint density at radius 3 is 1.11 bits per heavy atom. The standard InChI is InChI=1S/C21H36N6O6.C3H9NO/c28-16(29)10-4-1-7-13-22-19-25-20(23-14-8-2-5-11-17(30)31)27-21(26-19)24-15-9-3-6-12-18(32)33;1-3(5)2-4/h1-15H2,(H,28,29)(H,30,31)(H,32,33)(H3,22,23,24,25,26,27);3,5H,2,4H2,1H3. The van der Waals surface area contributed by atoms with Gasteiger partial charge in [0.1, 0.15) is 0 Å². The van der Waals surface area contributed by atoms with E-state index in [1.54, 1.807) is 6.92 Å². The molecule has 14 nitrogen and oxygen atoms in total. The topological polar surface area (TPSA) is 233 Å². The molecule has 1 atom stereocenters. The van der Waals surface area contributed by atoms with Gasteiger partial charge < -0.3 is 42.1 Å². The van der Waals surface area contributed by atoms with Crippen LogP contribution in [0.4, 0.5) is 17.8 Å². The highest BCUT2D eigenvalue weighted by molar-refractivity contribution is 5.67. The van der Waals surface area contributed by atoms with Crippen LogP contribution in [0.3, 0.4) is 0 Å². The Bertz CT molecular complexity index is 690. The summed E-state index contributed by atoms with van der Waals surface area (Å²) in [6.45, 7) is 3.83. The highest BCUT2D eigenvalue weighted by atomic mass is 16.4. The monoisotopic (exact) mass is 543 g/mol. The van der Waals surface area contributed by atoms with Crippen LogP contribution in [0.25, 0.3) is 0 Å². The van der Waals surface area contributed by atoms with Gasteiger partial charge in [0.25, 0.3) is 0 Å². The van der Waals surface area contributed by atoms with Crippen molar-refractivity contribution in [3.05, 3.63) is 0 Å². The first-order valence-electron chi connectivity index (χ1n) is 13.1. The summed E-state index contributed by atoms with van der Waals surface area (Å²) in [5, 5.41) is 43.7. The maximum Gasteiger partial charge on any atom is 0.303 e. The number of hydrogen-bond donors (Lipinski definition) is 8. The van der Waals surface area contributed by atoms with Crippen LogP contribution in [0.1, 0.15) is 84.0 Å². The van der Waals surface area contributed by atoms with Crippen molar-refractivity contribution in [2.24, 2.45) is 5.73 Å². The number of aliphatic carboxylic acids is 3. The molecule has 38 heavy (non-hydrogen) atoms. The third-order valence-corrected chi connectivity index (χ3v) is 5.03. The smallest absolute Gasteiger partial charge is 0.303 e. The molecular formula is C24H45N7O7. The zero-order chi connectivity index (χ0) is 28.6. The minimum atomic E-state index is -0.794. The van der Waals surface area contributed by atoms with E-state index in [1.165, 1.54) is 0 Å². The number of carboxylic acid groups (broad SMARTS) is 3. The molecule has 0 fully saturated rings. The molecule has 14 heteroatoms. The van der Waals surface area contributed by atoms with Gasteiger partial charge in [0.05, 0.1) is 6.10 Å². The molecular weight excluding hydrogens is 498 g/mol. The Hall–Kier alpha value is -3.26. The summed E-state index contributed by atoms with van der Waals surface area (Å²) in [5.41, 5.74) is 4.92. The lowest BCUT2D eigenvalue weighted by molar-refractivity contribution is -0.138. The maximum atomic E-state index is 10.6. The molecule has 9 N–H and O–H groups in total. The van der Waals surface area contributed by atoms with Gasteiger partial charge in [-0.15, -0.1) is 0 Å². The number of hydrogen-bond acceptors (Lipinski definition) is 11. The second kappa shape index (κ2) is 22.9. The SMILES string of the molecule is CC(O)CN.O=C(O)CCCCCNc1nc(NCCCCCC(=O)O)nc(NCCCCCC(=O)O)n1. The molecule has 0 saturated carbocycles. The van der Waals surface area contributed by atoms with Crippen LogP contribution in [0.2, 0.25) is 0 Å². The Balaban J connectivity index is 0.00000249. The molecule has 0 aliphatic heterocycles. The van der Waals surface area contributed by atoms with E-state index < -0.39 is 17.9 Å². The van der Waals surface area contributed by atoms with Gasteiger partial charge >= 0.3 is 17.9 Å². The first-order chi connectivity index (χ1) is 18.1. The van der Waals surface area contributed by atoms with Crippen LogP contribution < -0.4 is 21.7 Å². The minimum Gasteiger partial charge on any atom is -0.481 e. The van der Waals surface area contributed by atoms with E-state index in [1.807, 2.05) is 0 Å². The van der Waals surface area contributed by atoms with Gasteiger partial charge in [0.15, 0.2) is 0 Å². The second-order valence-electron chi connectivity index (χ2n) is 8.78. The molecule has 1 heterocycles. The molecule has 218 valence electrons. The molecule has 0 bridgehead atoms. The molecule has 0 spiro atoms. The van der Waals surface area contributed by atoms with E-state index in [4.69, 9.17) is 26.2 Å². The van der Waals surface area contributed by atoms with Gasteiger partial charge in [0.2, 0.25) is 17.8 Å². The molecule has 0 radical (unpaired) electrons. The Kier molecular flexibility index (Phi) is 20.9. The summed E-state index contributed by atoms with van der Waals surface area (Å²) in [6, 6.07) is 0. The number of rotatable bonds is 22. The van der Waals surface area contributed by atoms with Crippen molar-refractivity contribution >= 4 is 35.8 Å². The Morgan fingerprint density at radius 2 is 0.895 bits per heavy atom. The molecule has 0 aliphatic carbocycles. The van der Waals surface area contributed by atoms with Crippen LogP contribution >= 0.6 is 0 Å². The summed E-state index contributed by atoms with van der Waals surface area (Å²) >= 11 is 0. The molecule has 0 aliphatic rings. The third kappa shape index (κ3) is 23.2. The normalized spacial score (nSPS) is 11.1. The fourth-order valence-electron chi connectivity index (χ4n) is 2.95. The van der Waals surface area contributed by atoms with E-state index in [-0.39, 0.29) is 25.4 Å². The number of anilines is 3. The number of aromatic nitrogens is 3. The van der Waals surface area contributed by atoms with Crippen LogP contribution in [0, 0.1) is 0 Å². The quantitative estimate of drug-likeness (QED) is 0.0981. The fourth-order valence-corrected chi connectivity index (χ4v) is 2.95. The van der Waals surface area contributed by atoms with Gasteiger partial charge in [-0.2, -0.15) is 15.0 Å². The summed E-state index contributed by atoms with van der Waals surface area (Å²) in [4.78, 5) is 44.8. The van der Waals surface area contributed by atoms with Gasteiger partial charge in [0, 0.05) is 45.4 Å². The number of unbranched alkanes of at least 4 members (excludes halogenated alkanes) is 6. The number of carbonyl (C=O) groups is 3. The van der Waals surface area contributed by atoms with Crippen molar-refractivity contribution in [2.75, 3.05) is 42.1 Å². The highest BCUT2D eigenvalue weighted by Gasteiger charge is 2.07. The van der Waals surface area contributed by atoms with Crippen LogP contribution in [0.5, 0.6) is 0 Å². The lowest BCUT2D eigenvalue weighted by Crippen LogP contribution is -2.14. The number of aliphatic hydroxyl groups excluding tert-OH is 1. The third-order valence-electron chi connectivity index (χ3n) is 5.03. The summed E-state index contributed by atoms with van der Waals surface area (Å²) in [5.74, 6) is -1.16. The lowest BCUT2D eigenvalue weighted by atomic mass is 10.2. The average molecular weight is 544 g/mol. The zero-order valence-electron chi connectivity index (χ0n) is 22.3. The van der Waals surface area contributed by atoms with Gasteiger partial charge in [-0.05, 0) is 45.4 Å². The predicted molar refractivity (Wildman–Crippen MR) is 144 cm³/mol. The minimum absolute atomic E-state index is 0.160. The van der Waals surface area contributed by atoms with Crippen LogP contribution in [-0.4, -0.2) is 85.6 Å². The lowest BCUT2D eigenvalue weighted by Gasteiger charge is -2.11. The Morgan fingerprint density at radius 1 is 0.632 bits per heavy atom. The molecule has 1 aromatic rings. The largest absolute Gasteiger partial charge is 0.481 e. The zero-order valence-corrected chi connectivity index (χ0v) is 22.3. The summed E-state index contributed by atoms with van der Waals surface area (Å²) in [7, 11) is 0. The van der Waals surface area contributed by atoms with E-state index in [9.17, 15) is 14.4 Å². The number of carboxylic acids is 3. The van der Waals surface area contributed by atoms with Gasteiger partial charge in [-0.1, -0.05) is 19.3 Å². The molecule has 1 rings (SSSR count). The van der Waals surface area contributed by atoms with Crippen molar-refractivity contribution in [1.29, 1.82) is 0 Å². The first-order valence-corrected chi connectivity index (χ1v) is 13.1. The predicted octanol–water partition coefficient (Wildman–Crippen LogP) is 2.37. The van der Waals surface area contributed by atoms with E-state index >= 15 is 0 Å². The van der Waals surface area contributed by atoms with Crippen molar-refractivity contribution in [3.63, 3.8) is 0 Å². The van der Waals surface area contributed by atoms with Crippen molar-refractivity contribution < 1.29 is 34.8 Å². The van der Waals surface area contributed by atoms with Crippen molar-refractivity contribution in [1.82, 2.24) is 15.0 Å². The molecule has 0 saturated heterocycles. The molecule has 1 unspecified atom stereocenters.